The lowest BCUT2D eigenvalue weighted by Gasteiger charge is -2.43. The number of ether oxygens (including phenoxy) is 3. The molecule has 5 amide bonds. The molecular weight excluding hydrogens is 1620 g/mol. The van der Waals surface area contributed by atoms with E-state index in [1.807, 2.05) is 77.3 Å². The third-order valence-electron chi connectivity index (χ3n) is 27.9. The second kappa shape index (κ2) is 37.2. The number of para-hydroxylation sites is 1. The van der Waals surface area contributed by atoms with Crippen molar-refractivity contribution in [3.63, 3.8) is 0 Å². The van der Waals surface area contributed by atoms with Crippen molar-refractivity contribution in [3.05, 3.63) is 190 Å². The van der Waals surface area contributed by atoms with Gasteiger partial charge in [0.05, 0.1) is 110 Å². The van der Waals surface area contributed by atoms with Crippen molar-refractivity contribution in [2.75, 3.05) is 113 Å². The summed E-state index contributed by atoms with van der Waals surface area (Å²) in [4.78, 5) is 119. The van der Waals surface area contributed by atoms with Gasteiger partial charge in [-0.1, -0.05) is 74.4 Å². The molecule has 0 bridgehead atoms. The molecule has 6 saturated heterocycles. The molecule has 6 fully saturated rings. The second-order valence-corrected chi connectivity index (χ2v) is 35.9. The van der Waals surface area contributed by atoms with E-state index in [0.29, 0.717) is 159 Å². The number of fused-ring (bicyclic) bond motifs is 5. The first-order chi connectivity index (χ1) is 62.0. The van der Waals surface area contributed by atoms with Gasteiger partial charge in [0, 0.05) is 156 Å². The molecule has 13 heterocycles. The van der Waals surface area contributed by atoms with Crippen molar-refractivity contribution in [1.29, 1.82) is 15.8 Å². The summed E-state index contributed by atoms with van der Waals surface area (Å²) in [7, 11) is 1.95. The summed E-state index contributed by atoms with van der Waals surface area (Å²) in [5, 5.41) is 42.6. The molecule has 0 saturated carbocycles. The Hall–Kier alpha value is -12.9. The number of hydrogen-bond donors (Lipinski definition) is 1. The lowest BCUT2D eigenvalue weighted by atomic mass is 9.92. The van der Waals surface area contributed by atoms with E-state index in [0.717, 1.165) is 149 Å². The Balaban J connectivity index is 0.000000135. The number of aryl methyl sites for hydroxylation is 1. The van der Waals surface area contributed by atoms with Gasteiger partial charge in [-0.3, -0.25) is 43.6 Å². The lowest BCUT2D eigenvalue weighted by molar-refractivity contribution is -0.129. The van der Waals surface area contributed by atoms with Gasteiger partial charge in [-0.25, -0.2) is 0 Å². The SMILES string of the molecule is C=CC(=O)N1CCN(c2nc(OCN3CCCC3C)nc3c2C(C)(C)N(C2Cc4cccc5cc(O)cc2c45)C3)C[C@@H]1CC#N.C=CC(=O)N1CCN(c2nc(OCN3CCCC3C)nc3c2CN(C(=O)c2cccc4c2CC=C4)C3)C[C@@H]1CC#N.C=CC(=O)N1CCN(c2nc(OCN3CCCC3C)nc3c2CN(C(=O)c2cccc4ccn(C)c24)C3)C[C@@H]1CC#N. The number of hydrogen-bond acceptors (Lipinski definition) is 25. The molecule has 128 heavy (non-hydrogen) atoms. The number of piperazine rings is 3. The highest BCUT2D eigenvalue weighted by molar-refractivity contribution is 6.06. The van der Waals surface area contributed by atoms with Crippen LogP contribution in [0, 0.1) is 34.0 Å². The quantitative estimate of drug-likeness (QED) is 0.0653. The monoisotopic (exact) mass is 1730 g/mol. The average Bonchev–Trinajstić information content (AvgIpc) is 1.55. The smallest absolute Gasteiger partial charge is 0.320 e. The van der Waals surface area contributed by atoms with Crippen LogP contribution < -0.4 is 28.9 Å². The van der Waals surface area contributed by atoms with E-state index in [1.54, 1.807) is 19.6 Å². The molecule has 4 aromatic carbocycles. The molecule has 31 heteroatoms. The average molecular weight is 1730 g/mol. The van der Waals surface area contributed by atoms with Gasteiger partial charge in [0.1, 0.15) is 43.4 Å². The van der Waals surface area contributed by atoms with Gasteiger partial charge in [-0.2, -0.15) is 45.7 Å². The number of carbonyl (C=O) groups excluding carboxylic acids is 5. The maximum Gasteiger partial charge on any atom is 0.320 e. The van der Waals surface area contributed by atoms with E-state index < -0.39 is 5.54 Å². The molecule has 9 aliphatic heterocycles. The summed E-state index contributed by atoms with van der Waals surface area (Å²) in [6.45, 7) is 32.6. The number of carbonyl (C=O) groups is 5. The number of rotatable bonds is 21. The predicted molar refractivity (Wildman–Crippen MR) is 483 cm³/mol. The number of likely N-dealkylation sites (tertiary alicyclic amines) is 3. The molecule has 0 radical (unpaired) electrons. The maximum absolute atomic E-state index is 13.9. The van der Waals surface area contributed by atoms with Gasteiger partial charge in [0.25, 0.3) is 11.8 Å². The highest BCUT2D eigenvalue weighted by Crippen LogP contribution is 2.53. The first kappa shape index (κ1) is 87.2. The first-order valence-corrected chi connectivity index (χ1v) is 44.9. The van der Waals surface area contributed by atoms with Gasteiger partial charge in [0.15, 0.2) is 0 Å². The molecule has 4 aromatic heterocycles. The number of benzene rings is 4. The minimum atomic E-state index is -0.448. The molecule has 19 rings (SSSR count). The molecule has 1 N–H and O–H groups in total. The Kier molecular flexibility index (Phi) is 25.4. The fraction of sp³-hybridized carbons (Fsp3) is 0.464. The first-order valence-electron chi connectivity index (χ1n) is 44.9. The zero-order valence-electron chi connectivity index (χ0n) is 74.0. The van der Waals surface area contributed by atoms with Crippen LogP contribution in [0.25, 0.3) is 27.8 Å². The summed E-state index contributed by atoms with van der Waals surface area (Å²) in [6.07, 6.45) is 19.1. The normalized spacial score (nSPS) is 22.1. The van der Waals surface area contributed by atoms with Gasteiger partial charge in [-0.05, 0) is 168 Å². The Morgan fingerprint density at radius 1 is 0.531 bits per heavy atom. The van der Waals surface area contributed by atoms with Crippen LogP contribution in [-0.4, -0.2) is 248 Å². The number of nitriles is 3. The summed E-state index contributed by atoms with van der Waals surface area (Å²) in [5.41, 5.74) is 11.7. The molecule has 31 nitrogen and oxygen atoms in total. The number of allylic oxidation sites excluding steroid dienone is 1. The fourth-order valence-electron chi connectivity index (χ4n) is 21.0. The number of phenolic OH excluding ortho intramolecular Hbond substituents is 1. The number of nitrogens with zero attached hydrogens (tertiary/aromatic N) is 22. The van der Waals surface area contributed by atoms with Crippen LogP contribution in [0.1, 0.15) is 175 Å². The third-order valence-corrected chi connectivity index (χ3v) is 27.9. The Morgan fingerprint density at radius 3 is 1.48 bits per heavy atom. The topological polar surface area (TPSA) is 326 Å². The van der Waals surface area contributed by atoms with Gasteiger partial charge in [0.2, 0.25) is 17.7 Å². The maximum atomic E-state index is 13.9. The van der Waals surface area contributed by atoms with Crippen LogP contribution in [0.3, 0.4) is 0 Å². The van der Waals surface area contributed by atoms with Crippen molar-refractivity contribution >= 4 is 74.7 Å². The summed E-state index contributed by atoms with van der Waals surface area (Å²) >= 11 is 0. The van der Waals surface area contributed by atoms with Crippen molar-refractivity contribution in [3.8, 4) is 42.0 Å². The minimum absolute atomic E-state index is 0.0217. The van der Waals surface area contributed by atoms with E-state index >= 15 is 0 Å². The Labute approximate surface area is 747 Å². The van der Waals surface area contributed by atoms with E-state index in [9.17, 15) is 44.9 Å². The number of aromatic nitrogens is 7. The predicted octanol–water partition coefficient (Wildman–Crippen LogP) is 10.8. The van der Waals surface area contributed by atoms with Crippen LogP contribution >= 0.6 is 0 Å². The zero-order valence-corrected chi connectivity index (χ0v) is 74.0. The van der Waals surface area contributed by atoms with E-state index in [1.165, 1.54) is 29.2 Å². The minimum Gasteiger partial charge on any atom is -0.508 e. The van der Waals surface area contributed by atoms with Crippen molar-refractivity contribution in [1.82, 2.24) is 78.6 Å². The molecular formula is C97H112N22O9. The molecule has 11 aliphatic rings. The summed E-state index contributed by atoms with van der Waals surface area (Å²) < 4.78 is 20.6. The van der Waals surface area contributed by atoms with Crippen LogP contribution in [0.4, 0.5) is 17.5 Å². The number of anilines is 3. The zero-order chi connectivity index (χ0) is 89.3. The molecule has 0 spiro atoms. The van der Waals surface area contributed by atoms with E-state index in [4.69, 9.17) is 44.1 Å². The van der Waals surface area contributed by atoms with Gasteiger partial charge >= 0.3 is 18.0 Å². The number of amides is 5. The largest absolute Gasteiger partial charge is 0.508 e. The molecule has 664 valence electrons. The van der Waals surface area contributed by atoms with Gasteiger partial charge in [-0.15, -0.1) is 0 Å². The van der Waals surface area contributed by atoms with Crippen LogP contribution in [-0.2, 0) is 72.5 Å². The number of phenols is 1. The number of aromatic hydroxyl groups is 1. The van der Waals surface area contributed by atoms with Crippen LogP contribution in [0.15, 0.2) is 123 Å². The highest BCUT2D eigenvalue weighted by atomic mass is 16.5. The van der Waals surface area contributed by atoms with Crippen LogP contribution in [0.2, 0.25) is 0 Å². The summed E-state index contributed by atoms with van der Waals surface area (Å²) in [5.74, 6) is 1.89. The molecule has 7 atom stereocenters. The standard InChI is InChI=1S/C35H41N7O3.C31H36N8O3.C31H35N7O3/c1-5-30(44)41-15-14-39(19-25(41)11-12-36)33-32-28(37-34(38-33)45-21-40-13-7-8-22(40)2)20-42(35(32,3)4)29-17-24-10-6-9-23-16-26(43)18-27(29)31(23)24;1-4-27(40)39-16-15-36(17-23(39)10-12-32)29-25-18-38(30(41)24-9-5-8-22-11-14-35(3)28(22)24)19-26(25)33-31(34-29)42-20-37-13-6-7-21(37)2;1-3-28(39)38-16-15-35(17-23(38)12-13-32)29-26-18-37(30(40)25-11-5-9-22-8-4-10-24(22)25)19-27(26)33-31(34-29)41-20-36-14-6-7-21(36)2/h5-6,9-10,16,18,22,25,29,43H,1,7-8,11,13-15,17,19-21H2,2-4H3;4-5,8-9,11,14,21,23H,1,6-7,10,13,15-20H2,2-3H3;3-5,8-9,11,21,23H,1,6-7,10,12,14-20H2,2H3/t22?,25-,29?;2*21?,23-/m000/s1. The fourth-order valence-corrected chi connectivity index (χ4v) is 21.0. The van der Waals surface area contributed by atoms with Crippen LogP contribution in [0.5, 0.6) is 23.8 Å². The lowest BCUT2D eigenvalue weighted by Crippen LogP contribution is -2.55. The van der Waals surface area contributed by atoms with E-state index in [2.05, 4.69) is 137 Å². The van der Waals surface area contributed by atoms with Gasteiger partial charge < -0.3 is 63.1 Å². The second-order valence-electron chi connectivity index (χ2n) is 35.9. The van der Waals surface area contributed by atoms with Crippen molar-refractivity contribution in [2.45, 2.75) is 186 Å². The Morgan fingerprint density at radius 2 is 0.992 bits per heavy atom. The molecule has 4 unspecified atom stereocenters. The summed E-state index contributed by atoms with van der Waals surface area (Å²) in [6, 6.07) is 31.9. The highest BCUT2D eigenvalue weighted by Gasteiger charge is 2.49. The Bertz CT molecular complexity index is 5850. The van der Waals surface area contributed by atoms with Crippen molar-refractivity contribution in [2.24, 2.45) is 7.05 Å². The molecule has 2 aliphatic carbocycles. The van der Waals surface area contributed by atoms with Crippen molar-refractivity contribution < 1.29 is 43.3 Å². The molecule has 8 aromatic rings. The third kappa shape index (κ3) is 17.3. The van der Waals surface area contributed by atoms with E-state index in [-0.39, 0.29) is 84.7 Å².